The van der Waals surface area contributed by atoms with E-state index in [9.17, 15) is 18.0 Å². The third-order valence-corrected chi connectivity index (χ3v) is 7.01. The van der Waals surface area contributed by atoms with Crippen molar-refractivity contribution in [1.29, 1.82) is 0 Å². The molecule has 144 valence electrons. The lowest BCUT2D eigenvalue weighted by Gasteiger charge is -2.30. The van der Waals surface area contributed by atoms with Gasteiger partial charge >= 0.3 is 5.97 Å². The van der Waals surface area contributed by atoms with Crippen LogP contribution in [0.5, 0.6) is 0 Å². The molecule has 2 aromatic rings. The number of sulfonamides is 1. The van der Waals surface area contributed by atoms with E-state index < -0.39 is 15.9 Å². The van der Waals surface area contributed by atoms with Gasteiger partial charge in [0.25, 0.3) is 5.91 Å². The SMILES string of the molecule is COC(=O)[C@H]1CCCN(S(=O)(=O)c2ccc(NC(=O)c3ccsc3)cc2)C1. The highest BCUT2D eigenvalue weighted by molar-refractivity contribution is 7.89. The number of hydrogen-bond acceptors (Lipinski definition) is 6. The Morgan fingerprint density at radius 2 is 1.96 bits per heavy atom. The van der Waals surface area contributed by atoms with E-state index >= 15 is 0 Å². The van der Waals surface area contributed by atoms with Crippen LogP contribution in [0.3, 0.4) is 0 Å². The zero-order chi connectivity index (χ0) is 19.4. The molecule has 0 unspecified atom stereocenters. The quantitative estimate of drug-likeness (QED) is 0.768. The Morgan fingerprint density at radius 3 is 2.59 bits per heavy atom. The average molecular weight is 409 g/mol. The van der Waals surface area contributed by atoms with Gasteiger partial charge in [0.15, 0.2) is 0 Å². The van der Waals surface area contributed by atoms with Crippen molar-refractivity contribution in [2.75, 3.05) is 25.5 Å². The average Bonchev–Trinajstić information content (AvgIpc) is 3.23. The normalized spacial score (nSPS) is 18.0. The first kappa shape index (κ1) is 19.5. The summed E-state index contributed by atoms with van der Waals surface area (Å²) in [6.45, 7) is 0.484. The number of rotatable bonds is 5. The lowest BCUT2D eigenvalue weighted by molar-refractivity contribution is -0.146. The second-order valence-electron chi connectivity index (χ2n) is 6.22. The zero-order valence-electron chi connectivity index (χ0n) is 14.8. The number of piperidine rings is 1. The van der Waals surface area contributed by atoms with Gasteiger partial charge in [-0.3, -0.25) is 9.59 Å². The maximum Gasteiger partial charge on any atom is 0.309 e. The molecule has 1 saturated heterocycles. The summed E-state index contributed by atoms with van der Waals surface area (Å²) in [5, 5.41) is 6.28. The summed E-state index contributed by atoms with van der Waals surface area (Å²) >= 11 is 1.43. The van der Waals surface area contributed by atoms with Gasteiger partial charge in [-0.1, -0.05) is 0 Å². The minimum atomic E-state index is -3.71. The summed E-state index contributed by atoms with van der Waals surface area (Å²) in [7, 11) is -2.41. The summed E-state index contributed by atoms with van der Waals surface area (Å²) in [5.74, 6) is -1.08. The van der Waals surface area contributed by atoms with Gasteiger partial charge in [-0.25, -0.2) is 8.42 Å². The monoisotopic (exact) mass is 408 g/mol. The van der Waals surface area contributed by atoms with E-state index in [0.29, 0.717) is 30.6 Å². The molecule has 0 saturated carbocycles. The van der Waals surface area contributed by atoms with Gasteiger partial charge in [0.05, 0.1) is 23.5 Å². The van der Waals surface area contributed by atoms with E-state index in [-0.39, 0.29) is 23.3 Å². The summed E-state index contributed by atoms with van der Waals surface area (Å²) in [4.78, 5) is 23.9. The molecule has 1 amide bonds. The molecule has 1 N–H and O–H groups in total. The Hall–Kier alpha value is -2.23. The molecule has 3 rings (SSSR count). The minimum absolute atomic E-state index is 0.117. The van der Waals surface area contributed by atoms with Crippen molar-refractivity contribution in [2.45, 2.75) is 17.7 Å². The molecule has 2 heterocycles. The Labute approximate surface area is 162 Å². The van der Waals surface area contributed by atoms with E-state index in [1.807, 2.05) is 5.38 Å². The van der Waals surface area contributed by atoms with E-state index in [1.165, 1.54) is 34.9 Å². The molecule has 1 atom stereocenters. The third kappa shape index (κ3) is 4.37. The fourth-order valence-corrected chi connectivity index (χ4v) is 5.14. The van der Waals surface area contributed by atoms with Crippen LogP contribution in [0.2, 0.25) is 0 Å². The number of esters is 1. The fraction of sp³-hybridized carbons (Fsp3) is 0.333. The number of nitrogens with one attached hydrogen (secondary N) is 1. The standard InChI is InChI=1S/C18H20N2O5S2/c1-25-18(22)13-3-2-9-20(11-13)27(23,24)16-6-4-15(5-7-16)19-17(21)14-8-10-26-12-14/h4-8,10,12-13H,2-3,9,11H2,1H3,(H,19,21)/t13-/m0/s1. The molecular formula is C18H20N2O5S2. The molecule has 7 nitrogen and oxygen atoms in total. The van der Waals surface area contributed by atoms with E-state index in [2.05, 4.69) is 5.32 Å². The summed E-state index contributed by atoms with van der Waals surface area (Å²) < 4.78 is 31.8. The van der Waals surface area contributed by atoms with Crippen molar-refractivity contribution in [3.05, 3.63) is 46.7 Å². The number of carbonyl (C=O) groups excluding carboxylic acids is 2. The number of benzene rings is 1. The maximum atomic E-state index is 12.9. The van der Waals surface area contributed by atoms with Crippen LogP contribution >= 0.6 is 11.3 Å². The van der Waals surface area contributed by atoms with Crippen LogP contribution in [0, 0.1) is 5.92 Å². The van der Waals surface area contributed by atoms with Crippen molar-refractivity contribution in [3.63, 3.8) is 0 Å². The van der Waals surface area contributed by atoms with Gasteiger partial charge in [0.2, 0.25) is 10.0 Å². The Balaban J connectivity index is 1.71. The second-order valence-corrected chi connectivity index (χ2v) is 8.93. The van der Waals surface area contributed by atoms with E-state index in [1.54, 1.807) is 23.6 Å². The molecule has 0 bridgehead atoms. The number of methoxy groups -OCH3 is 1. The molecular weight excluding hydrogens is 388 g/mol. The van der Waals surface area contributed by atoms with Crippen LogP contribution in [0.4, 0.5) is 5.69 Å². The maximum absolute atomic E-state index is 12.9. The van der Waals surface area contributed by atoms with E-state index in [4.69, 9.17) is 4.74 Å². The van der Waals surface area contributed by atoms with Gasteiger partial charge in [-0.2, -0.15) is 15.6 Å². The zero-order valence-corrected chi connectivity index (χ0v) is 16.4. The van der Waals surface area contributed by atoms with Crippen molar-refractivity contribution < 1.29 is 22.7 Å². The number of thiophene rings is 1. The number of carbonyl (C=O) groups is 2. The van der Waals surface area contributed by atoms with Crippen molar-refractivity contribution in [2.24, 2.45) is 5.92 Å². The van der Waals surface area contributed by atoms with Crippen LogP contribution in [0.1, 0.15) is 23.2 Å². The molecule has 0 spiro atoms. The molecule has 0 radical (unpaired) electrons. The van der Waals surface area contributed by atoms with Gasteiger partial charge in [-0.15, -0.1) is 0 Å². The predicted molar refractivity (Wildman–Crippen MR) is 102 cm³/mol. The fourth-order valence-electron chi connectivity index (χ4n) is 2.98. The lowest BCUT2D eigenvalue weighted by atomic mass is 10.0. The number of anilines is 1. The molecule has 1 aliphatic rings. The van der Waals surface area contributed by atoms with Gasteiger partial charge in [0.1, 0.15) is 0 Å². The number of ether oxygens (including phenoxy) is 1. The van der Waals surface area contributed by atoms with Crippen LogP contribution in [-0.2, 0) is 19.6 Å². The summed E-state index contributed by atoms with van der Waals surface area (Å²) in [5.41, 5.74) is 1.06. The number of hydrogen-bond donors (Lipinski definition) is 1. The number of amides is 1. The van der Waals surface area contributed by atoms with E-state index in [0.717, 1.165) is 0 Å². The highest BCUT2D eigenvalue weighted by atomic mass is 32.2. The van der Waals surface area contributed by atoms with Gasteiger partial charge < -0.3 is 10.1 Å². The smallest absolute Gasteiger partial charge is 0.309 e. The largest absolute Gasteiger partial charge is 0.469 e. The first-order valence-corrected chi connectivity index (χ1v) is 10.8. The van der Waals surface area contributed by atoms with Crippen molar-refractivity contribution in [1.82, 2.24) is 4.31 Å². The van der Waals surface area contributed by atoms with Crippen molar-refractivity contribution >= 4 is 38.9 Å². The Morgan fingerprint density at radius 1 is 1.22 bits per heavy atom. The minimum Gasteiger partial charge on any atom is -0.469 e. The molecule has 1 aromatic heterocycles. The first-order valence-electron chi connectivity index (χ1n) is 8.43. The highest BCUT2D eigenvalue weighted by Gasteiger charge is 2.33. The summed E-state index contributed by atoms with van der Waals surface area (Å²) in [6.07, 6.45) is 1.22. The Bertz CT molecular complexity index is 908. The first-order chi connectivity index (χ1) is 12.9. The molecule has 27 heavy (non-hydrogen) atoms. The van der Waals surface area contributed by atoms with Crippen LogP contribution in [0.15, 0.2) is 46.0 Å². The van der Waals surface area contributed by atoms with Crippen LogP contribution < -0.4 is 5.32 Å². The number of nitrogens with zero attached hydrogens (tertiary/aromatic N) is 1. The molecule has 9 heteroatoms. The van der Waals surface area contributed by atoms with Crippen molar-refractivity contribution in [3.8, 4) is 0 Å². The summed E-state index contributed by atoms with van der Waals surface area (Å²) in [6, 6.07) is 7.74. The van der Waals surface area contributed by atoms with Gasteiger partial charge in [0, 0.05) is 24.2 Å². The highest BCUT2D eigenvalue weighted by Crippen LogP contribution is 2.25. The lowest BCUT2D eigenvalue weighted by Crippen LogP contribution is -2.42. The predicted octanol–water partition coefficient (Wildman–Crippen LogP) is 2.57. The van der Waals surface area contributed by atoms with Crippen LogP contribution in [0.25, 0.3) is 0 Å². The third-order valence-electron chi connectivity index (χ3n) is 4.45. The molecule has 0 aliphatic carbocycles. The molecule has 1 aromatic carbocycles. The topological polar surface area (TPSA) is 92.8 Å². The van der Waals surface area contributed by atoms with Gasteiger partial charge in [-0.05, 0) is 48.6 Å². The molecule has 1 fully saturated rings. The Kier molecular flexibility index (Phi) is 5.93. The van der Waals surface area contributed by atoms with Crippen LogP contribution in [-0.4, -0.2) is 44.8 Å². The molecule has 1 aliphatic heterocycles. The second kappa shape index (κ2) is 8.20.